The Bertz CT molecular complexity index is 413. The van der Waals surface area contributed by atoms with Crippen LogP contribution < -0.4 is 5.32 Å². The van der Waals surface area contributed by atoms with E-state index in [9.17, 15) is 4.39 Å². The lowest BCUT2D eigenvalue weighted by molar-refractivity contribution is 0.359. The van der Waals surface area contributed by atoms with Crippen molar-refractivity contribution in [3.05, 3.63) is 34.6 Å². The smallest absolute Gasteiger partial charge is 0.127 e. The maximum Gasteiger partial charge on any atom is 0.127 e. The predicted octanol–water partition coefficient (Wildman–Crippen LogP) is 4.97. The van der Waals surface area contributed by atoms with Gasteiger partial charge in [0.05, 0.1) is 0 Å². The second-order valence-corrected chi connectivity index (χ2v) is 6.46. The molecule has 1 nitrogen and oxygen atoms in total. The normalized spacial score (nSPS) is 18.8. The van der Waals surface area contributed by atoms with Gasteiger partial charge in [-0.15, -0.1) is 0 Å². The summed E-state index contributed by atoms with van der Waals surface area (Å²) in [4.78, 5) is 0. The Morgan fingerprint density at radius 2 is 1.95 bits per heavy atom. The van der Waals surface area contributed by atoms with E-state index in [4.69, 9.17) is 11.6 Å². The number of likely N-dealkylation sites (N-methyl/N-ethyl adjacent to an activating group) is 1. The molecule has 1 fully saturated rings. The van der Waals surface area contributed by atoms with Crippen LogP contribution >= 0.6 is 11.6 Å². The molecule has 0 spiro atoms. The molecule has 112 valence electrons. The van der Waals surface area contributed by atoms with E-state index in [1.165, 1.54) is 44.6 Å². The van der Waals surface area contributed by atoms with Crippen molar-refractivity contribution in [3.8, 4) is 0 Å². The van der Waals surface area contributed by atoms with Crippen molar-refractivity contribution < 1.29 is 4.39 Å². The molecule has 0 heterocycles. The molecule has 3 heteroatoms. The van der Waals surface area contributed by atoms with Crippen molar-refractivity contribution in [3.63, 3.8) is 0 Å². The predicted molar refractivity (Wildman–Crippen MR) is 83.8 cm³/mol. The van der Waals surface area contributed by atoms with Gasteiger partial charge in [-0.1, -0.05) is 56.2 Å². The average Bonchev–Trinajstić information content (AvgIpc) is 2.69. The van der Waals surface area contributed by atoms with Crippen LogP contribution in [0.3, 0.4) is 0 Å². The van der Waals surface area contributed by atoms with Crippen LogP contribution in [0.4, 0.5) is 4.39 Å². The number of hydrogen-bond donors (Lipinski definition) is 1. The van der Waals surface area contributed by atoms with Crippen molar-refractivity contribution >= 4 is 11.6 Å². The zero-order valence-electron chi connectivity index (χ0n) is 12.3. The molecule has 1 saturated carbocycles. The summed E-state index contributed by atoms with van der Waals surface area (Å²) in [5, 5.41) is 3.83. The van der Waals surface area contributed by atoms with Gasteiger partial charge in [-0.2, -0.15) is 0 Å². The molecule has 1 unspecified atom stereocenters. The zero-order valence-corrected chi connectivity index (χ0v) is 13.1. The Morgan fingerprint density at radius 3 is 2.55 bits per heavy atom. The molecule has 0 amide bonds. The molecule has 1 aliphatic rings. The maximum atomic E-state index is 13.9. The molecule has 1 atom stereocenters. The Hall–Kier alpha value is -0.600. The first kappa shape index (κ1) is 15.8. The monoisotopic (exact) mass is 297 g/mol. The summed E-state index contributed by atoms with van der Waals surface area (Å²) in [5.41, 5.74) is 0.766. The molecule has 0 aromatic heterocycles. The van der Waals surface area contributed by atoms with Crippen LogP contribution in [0.25, 0.3) is 0 Å². The third kappa shape index (κ3) is 4.75. The van der Waals surface area contributed by atoms with Crippen LogP contribution in [0, 0.1) is 11.7 Å². The summed E-state index contributed by atoms with van der Waals surface area (Å²) in [7, 11) is 1.98. The van der Waals surface area contributed by atoms with Crippen LogP contribution in [-0.4, -0.2) is 13.1 Å². The van der Waals surface area contributed by atoms with Crippen molar-refractivity contribution in [2.24, 2.45) is 5.92 Å². The molecule has 0 aliphatic heterocycles. The van der Waals surface area contributed by atoms with E-state index in [1.807, 2.05) is 13.1 Å². The molecule has 1 N–H and O–H groups in total. The molecule has 1 aliphatic carbocycles. The van der Waals surface area contributed by atoms with Gasteiger partial charge >= 0.3 is 0 Å². The summed E-state index contributed by atoms with van der Waals surface area (Å²) in [6.07, 6.45) is 10.0. The minimum atomic E-state index is -0.182. The van der Waals surface area contributed by atoms with Gasteiger partial charge in [0.1, 0.15) is 5.82 Å². The van der Waals surface area contributed by atoms with E-state index >= 15 is 0 Å². The van der Waals surface area contributed by atoms with Crippen LogP contribution in [-0.2, 0) is 6.42 Å². The van der Waals surface area contributed by atoms with Gasteiger partial charge in [0, 0.05) is 11.1 Å². The van der Waals surface area contributed by atoms with Crippen molar-refractivity contribution in [2.75, 3.05) is 7.05 Å². The number of nitrogens with one attached hydrogen (secondary N) is 1. The summed E-state index contributed by atoms with van der Waals surface area (Å²) >= 11 is 5.81. The van der Waals surface area contributed by atoms with Gasteiger partial charge in [-0.05, 0) is 43.5 Å². The third-order valence-electron chi connectivity index (χ3n) is 4.48. The van der Waals surface area contributed by atoms with Gasteiger partial charge in [-0.25, -0.2) is 4.39 Å². The second kappa shape index (κ2) is 7.99. The first-order valence-corrected chi connectivity index (χ1v) is 8.18. The van der Waals surface area contributed by atoms with E-state index in [0.717, 1.165) is 24.3 Å². The Balaban J connectivity index is 1.93. The Morgan fingerprint density at radius 1 is 1.25 bits per heavy atom. The highest BCUT2D eigenvalue weighted by atomic mass is 35.5. The quantitative estimate of drug-likeness (QED) is 0.757. The summed E-state index contributed by atoms with van der Waals surface area (Å²) < 4.78 is 13.9. The molecular formula is C17H25ClFN. The highest BCUT2D eigenvalue weighted by Crippen LogP contribution is 2.27. The van der Waals surface area contributed by atoms with Gasteiger partial charge in [-0.3, -0.25) is 0 Å². The lowest BCUT2D eigenvalue weighted by Crippen LogP contribution is -2.30. The minimum absolute atomic E-state index is 0.182. The molecule has 1 aromatic carbocycles. The first-order valence-electron chi connectivity index (χ1n) is 7.80. The summed E-state index contributed by atoms with van der Waals surface area (Å²) in [6.45, 7) is 0. The fraction of sp³-hybridized carbons (Fsp3) is 0.647. The Kier molecular flexibility index (Phi) is 6.31. The van der Waals surface area contributed by atoms with Crippen molar-refractivity contribution in [2.45, 2.75) is 57.4 Å². The molecule has 1 aromatic rings. The van der Waals surface area contributed by atoms with Crippen molar-refractivity contribution in [1.29, 1.82) is 0 Å². The minimum Gasteiger partial charge on any atom is -0.317 e. The molecule has 2 rings (SSSR count). The summed E-state index contributed by atoms with van der Waals surface area (Å²) in [5.74, 6) is 0.615. The largest absolute Gasteiger partial charge is 0.317 e. The number of rotatable bonds is 5. The Labute approximate surface area is 126 Å². The first-order chi connectivity index (χ1) is 9.69. The molecule has 0 bridgehead atoms. The van der Waals surface area contributed by atoms with E-state index in [-0.39, 0.29) is 5.82 Å². The molecular weight excluding hydrogens is 273 g/mol. The molecule has 0 radical (unpaired) electrons. The van der Waals surface area contributed by atoms with Gasteiger partial charge < -0.3 is 5.32 Å². The fourth-order valence-electron chi connectivity index (χ4n) is 3.26. The number of benzene rings is 1. The van der Waals surface area contributed by atoms with Crippen molar-refractivity contribution in [1.82, 2.24) is 5.32 Å². The second-order valence-electron chi connectivity index (χ2n) is 6.02. The number of halogens is 2. The average molecular weight is 298 g/mol. The van der Waals surface area contributed by atoms with Crippen LogP contribution in [0.2, 0.25) is 5.02 Å². The van der Waals surface area contributed by atoms with Gasteiger partial charge in [0.2, 0.25) is 0 Å². The summed E-state index contributed by atoms with van der Waals surface area (Å²) in [6, 6.07) is 5.36. The SMILES string of the molecule is CNC(Cc1ccc(Cl)cc1F)CC1CCCCCC1. The molecule has 20 heavy (non-hydrogen) atoms. The van der Waals surface area contributed by atoms with E-state index in [1.54, 1.807) is 6.07 Å². The third-order valence-corrected chi connectivity index (χ3v) is 4.72. The zero-order chi connectivity index (χ0) is 14.4. The highest BCUT2D eigenvalue weighted by Gasteiger charge is 2.18. The highest BCUT2D eigenvalue weighted by molar-refractivity contribution is 6.30. The standard InChI is InChI=1S/C17H25ClFN/c1-20-16(10-13-6-4-2-3-5-7-13)11-14-8-9-15(18)12-17(14)19/h8-9,12-13,16,20H,2-7,10-11H2,1H3. The van der Waals surface area contributed by atoms with Crippen LogP contribution in [0.5, 0.6) is 0 Å². The number of hydrogen-bond acceptors (Lipinski definition) is 1. The van der Waals surface area contributed by atoms with Crippen LogP contribution in [0.15, 0.2) is 18.2 Å². The van der Waals surface area contributed by atoms with E-state index in [0.29, 0.717) is 11.1 Å². The van der Waals surface area contributed by atoms with E-state index in [2.05, 4.69) is 5.32 Å². The maximum absolute atomic E-state index is 13.9. The topological polar surface area (TPSA) is 12.0 Å². The lowest BCUT2D eigenvalue weighted by Gasteiger charge is -2.22. The fourth-order valence-corrected chi connectivity index (χ4v) is 3.42. The van der Waals surface area contributed by atoms with Gasteiger partial charge in [0.15, 0.2) is 0 Å². The lowest BCUT2D eigenvalue weighted by atomic mass is 9.90. The molecule has 0 saturated heterocycles. The van der Waals surface area contributed by atoms with E-state index < -0.39 is 0 Å². The van der Waals surface area contributed by atoms with Crippen LogP contribution in [0.1, 0.15) is 50.5 Å². The van der Waals surface area contributed by atoms with Gasteiger partial charge in [0.25, 0.3) is 0 Å².